The van der Waals surface area contributed by atoms with Crippen molar-refractivity contribution in [3.63, 3.8) is 0 Å². The number of hydrogen-bond donors (Lipinski definition) is 0. The standard InChI is InChI=1S/C15H24O2Si/c1-4-18(5-2,6-3)16-12-14-15(17-14)13-10-8-7-9-11-13/h7-11,14-15H,4-6,12H2,1-3H3/t14-,15-/m1/s1. The summed E-state index contributed by atoms with van der Waals surface area (Å²) in [5, 5.41) is 0. The minimum atomic E-state index is -1.45. The van der Waals surface area contributed by atoms with Crippen molar-refractivity contribution in [1.82, 2.24) is 0 Å². The van der Waals surface area contributed by atoms with Crippen molar-refractivity contribution in [1.29, 1.82) is 0 Å². The van der Waals surface area contributed by atoms with Gasteiger partial charge in [-0.2, -0.15) is 0 Å². The fourth-order valence-electron chi connectivity index (χ4n) is 2.52. The second-order valence-corrected chi connectivity index (χ2v) is 9.84. The topological polar surface area (TPSA) is 21.8 Å². The van der Waals surface area contributed by atoms with Crippen LogP contribution >= 0.6 is 0 Å². The van der Waals surface area contributed by atoms with Crippen LogP contribution in [0.25, 0.3) is 0 Å². The van der Waals surface area contributed by atoms with Gasteiger partial charge in [0.1, 0.15) is 12.2 Å². The van der Waals surface area contributed by atoms with E-state index in [1.165, 1.54) is 23.7 Å². The van der Waals surface area contributed by atoms with Gasteiger partial charge in [-0.05, 0) is 23.7 Å². The van der Waals surface area contributed by atoms with Gasteiger partial charge in [0.2, 0.25) is 0 Å². The van der Waals surface area contributed by atoms with Crippen molar-refractivity contribution in [2.45, 2.75) is 51.1 Å². The summed E-state index contributed by atoms with van der Waals surface area (Å²) in [5.74, 6) is 0. The fourth-order valence-corrected chi connectivity index (χ4v) is 5.15. The van der Waals surface area contributed by atoms with Gasteiger partial charge in [0.25, 0.3) is 0 Å². The van der Waals surface area contributed by atoms with Crippen molar-refractivity contribution in [3.8, 4) is 0 Å². The maximum Gasteiger partial charge on any atom is 0.192 e. The number of benzene rings is 1. The molecule has 0 unspecified atom stereocenters. The van der Waals surface area contributed by atoms with E-state index in [1.807, 2.05) is 6.07 Å². The van der Waals surface area contributed by atoms with Crippen LogP contribution in [0.1, 0.15) is 32.4 Å². The quantitative estimate of drug-likeness (QED) is 0.545. The van der Waals surface area contributed by atoms with E-state index in [9.17, 15) is 0 Å². The molecule has 100 valence electrons. The lowest BCUT2D eigenvalue weighted by atomic mass is 10.1. The van der Waals surface area contributed by atoms with Crippen LogP contribution < -0.4 is 0 Å². The van der Waals surface area contributed by atoms with E-state index in [0.29, 0.717) is 0 Å². The Morgan fingerprint density at radius 2 is 1.67 bits per heavy atom. The van der Waals surface area contributed by atoms with E-state index >= 15 is 0 Å². The first kappa shape index (κ1) is 13.8. The number of hydrogen-bond acceptors (Lipinski definition) is 2. The lowest BCUT2D eigenvalue weighted by Crippen LogP contribution is -2.37. The number of ether oxygens (including phenoxy) is 1. The van der Waals surface area contributed by atoms with Crippen LogP contribution in [-0.4, -0.2) is 21.0 Å². The van der Waals surface area contributed by atoms with Crippen LogP contribution in [0.15, 0.2) is 30.3 Å². The predicted molar refractivity (Wildman–Crippen MR) is 77.2 cm³/mol. The first-order chi connectivity index (χ1) is 8.74. The Kier molecular flexibility index (Phi) is 4.59. The highest BCUT2D eigenvalue weighted by molar-refractivity contribution is 6.73. The van der Waals surface area contributed by atoms with E-state index in [4.69, 9.17) is 9.16 Å². The normalized spacial score (nSPS) is 23.1. The smallest absolute Gasteiger partial charge is 0.192 e. The van der Waals surface area contributed by atoms with Crippen LogP contribution in [0, 0.1) is 0 Å². The molecule has 2 atom stereocenters. The van der Waals surface area contributed by atoms with Gasteiger partial charge in [-0.3, -0.25) is 0 Å². The molecule has 1 heterocycles. The average Bonchev–Trinajstić information content (AvgIpc) is 3.22. The fraction of sp³-hybridized carbons (Fsp3) is 0.600. The summed E-state index contributed by atoms with van der Waals surface area (Å²) >= 11 is 0. The highest BCUT2D eigenvalue weighted by Gasteiger charge is 2.42. The minimum absolute atomic E-state index is 0.267. The maximum absolute atomic E-state index is 6.27. The molecule has 0 saturated carbocycles. The van der Waals surface area contributed by atoms with Gasteiger partial charge in [-0.25, -0.2) is 0 Å². The van der Waals surface area contributed by atoms with Gasteiger partial charge < -0.3 is 9.16 Å². The molecule has 0 spiro atoms. The highest BCUT2D eigenvalue weighted by Crippen LogP contribution is 2.39. The zero-order valence-corrected chi connectivity index (χ0v) is 12.7. The summed E-state index contributed by atoms with van der Waals surface area (Å²) in [6, 6.07) is 14.1. The SMILES string of the molecule is CC[Si](CC)(CC)OC[C@H]1O[C@@H]1c1ccccc1. The number of epoxide rings is 1. The largest absolute Gasteiger partial charge is 0.414 e. The van der Waals surface area contributed by atoms with E-state index in [-0.39, 0.29) is 12.2 Å². The Morgan fingerprint density at radius 1 is 1.06 bits per heavy atom. The average molecular weight is 264 g/mol. The Labute approximate surface area is 111 Å². The van der Waals surface area contributed by atoms with E-state index in [0.717, 1.165) is 6.61 Å². The summed E-state index contributed by atoms with van der Waals surface area (Å²) in [6.07, 6.45) is 0.549. The summed E-state index contributed by atoms with van der Waals surface area (Å²) in [4.78, 5) is 0. The third-order valence-electron chi connectivity index (χ3n) is 4.20. The van der Waals surface area contributed by atoms with Crippen LogP contribution in [0.3, 0.4) is 0 Å². The van der Waals surface area contributed by atoms with Crippen molar-refractivity contribution < 1.29 is 9.16 Å². The molecule has 1 aromatic carbocycles. The molecule has 1 fully saturated rings. The summed E-state index contributed by atoms with van der Waals surface area (Å²) in [5.41, 5.74) is 1.28. The molecule has 1 saturated heterocycles. The lowest BCUT2D eigenvalue weighted by molar-refractivity contribution is 0.248. The first-order valence-corrected chi connectivity index (χ1v) is 9.62. The third-order valence-corrected chi connectivity index (χ3v) is 8.84. The monoisotopic (exact) mass is 264 g/mol. The van der Waals surface area contributed by atoms with Crippen LogP contribution in [0.2, 0.25) is 18.1 Å². The van der Waals surface area contributed by atoms with E-state index in [2.05, 4.69) is 45.0 Å². The van der Waals surface area contributed by atoms with Gasteiger partial charge in [-0.1, -0.05) is 51.1 Å². The molecular formula is C15H24O2Si. The molecule has 0 aliphatic carbocycles. The molecule has 1 aliphatic heterocycles. The van der Waals surface area contributed by atoms with Gasteiger partial charge in [0.05, 0.1) is 6.61 Å². The molecule has 0 N–H and O–H groups in total. The van der Waals surface area contributed by atoms with Crippen LogP contribution in [0.5, 0.6) is 0 Å². The maximum atomic E-state index is 6.27. The molecule has 0 amide bonds. The second-order valence-electron chi connectivity index (χ2n) is 5.06. The van der Waals surface area contributed by atoms with Crippen LogP contribution in [-0.2, 0) is 9.16 Å². The zero-order valence-electron chi connectivity index (χ0n) is 11.7. The zero-order chi connectivity index (χ0) is 13.0. The molecule has 1 aromatic rings. The molecule has 18 heavy (non-hydrogen) atoms. The molecule has 2 rings (SSSR count). The molecule has 0 bridgehead atoms. The predicted octanol–water partition coefficient (Wildman–Crippen LogP) is 4.15. The van der Waals surface area contributed by atoms with Crippen molar-refractivity contribution in [3.05, 3.63) is 35.9 Å². The summed E-state index contributed by atoms with van der Waals surface area (Å²) in [7, 11) is -1.45. The Hall–Kier alpha value is -0.643. The second kappa shape index (κ2) is 6.00. The Bertz CT molecular complexity index is 354. The summed E-state index contributed by atoms with van der Waals surface area (Å²) < 4.78 is 12.0. The Balaban J connectivity index is 1.83. The van der Waals surface area contributed by atoms with E-state index < -0.39 is 8.32 Å². The van der Waals surface area contributed by atoms with Gasteiger partial charge in [0.15, 0.2) is 8.32 Å². The molecule has 0 aromatic heterocycles. The van der Waals surface area contributed by atoms with Crippen molar-refractivity contribution >= 4 is 8.32 Å². The molecule has 0 radical (unpaired) electrons. The highest BCUT2D eigenvalue weighted by atomic mass is 28.4. The summed E-state index contributed by atoms with van der Waals surface area (Å²) in [6.45, 7) is 7.58. The van der Waals surface area contributed by atoms with Gasteiger partial charge in [0, 0.05) is 0 Å². The molecule has 2 nitrogen and oxygen atoms in total. The first-order valence-electron chi connectivity index (χ1n) is 7.09. The van der Waals surface area contributed by atoms with E-state index in [1.54, 1.807) is 0 Å². The van der Waals surface area contributed by atoms with Crippen LogP contribution in [0.4, 0.5) is 0 Å². The third kappa shape index (κ3) is 3.02. The van der Waals surface area contributed by atoms with Gasteiger partial charge in [-0.15, -0.1) is 0 Å². The minimum Gasteiger partial charge on any atom is -0.414 e. The van der Waals surface area contributed by atoms with Gasteiger partial charge >= 0.3 is 0 Å². The molecular weight excluding hydrogens is 240 g/mol. The number of rotatable bonds is 7. The lowest BCUT2D eigenvalue weighted by Gasteiger charge is -2.27. The van der Waals surface area contributed by atoms with Crippen molar-refractivity contribution in [2.24, 2.45) is 0 Å². The molecule has 1 aliphatic rings. The molecule has 3 heteroatoms. The Morgan fingerprint density at radius 3 is 2.22 bits per heavy atom. The van der Waals surface area contributed by atoms with Crippen molar-refractivity contribution in [2.75, 3.05) is 6.61 Å².